The van der Waals surface area contributed by atoms with Gasteiger partial charge in [0.15, 0.2) is 0 Å². The van der Waals surface area contributed by atoms with Gasteiger partial charge in [0.2, 0.25) is 5.82 Å². The van der Waals surface area contributed by atoms with Crippen LogP contribution in [-0.4, -0.2) is 18.3 Å². The van der Waals surface area contributed by atoms with Gasteiger partial charge in [0.05, 0.1) is 20.4 Å². The van der Waals surface area contributed by atoms with Crippen LogP contribution in [0, 0.1) is 26.0 Å². The summed E-state index contributed by atoms with van der Waals surface area (Å²) >= 11 is 5.60. The fraction of sp³-hybridized carbons (Fsp3) is 0. The van der Waals surface area contributed by atoms with Crippen LogP contribution in [-0.2, 0) is 10.0 Å². The van der Waals surface area contributed by atoms with Gasteiger partial charge in [-0.3, -0.25) is 25.0 Å². The molecular formula is C12H7ClFN3O6S. The highest BCUT2D eigenvalue weighted by Gasteiger charge is 2.22. The Bertz CT molecular complexity index is 950. The van der Waals surface area contributed by atoms with E-state index < -0.39 is 42.0 Å². The van der Waals surface area contributed by atoms with Gasteiger partial charge in [0.25, 0.3) is 15.7 Å². The lowest BCUT2D eigenvalue weighted by Crippen LogP contribution is -2.13. The lowest BCUT2D eigenvalue weighted by molar-refractivity contribution is -0.387. The molecule has 0 unspecified atom stereocenters. The predicted molar refractivity (Wildman–Crippen MR) is 82.0 cm³/mol. The third kappa shape index (κ3) is 3.58. The third-order valence-electron chi connectivity index (χ3n) is 2.82. The molecule has 0 saturated heterocycles. The first-order valence-corrected chi connectivity index (χ1v) is 7.88. The summed E-state index contributed by atoms with van der Waals surface area (Å²) in [5.41, 5.74) is -1.82. The molecule has 1 N–H and O–H groups in total. The molecule has 24 heavy (non-hydrogen) atoms. The van der Waals surface area contributed by atoms with Crippen molar-refractivity contribution < 1.29 is 22.7 Å². The molecule has 0 spiro atoms. The van der Waals surface area contributed by atoms with Gasteiger partial charge in [0, 0.05) is 12.1 Å². The molecule has 0 saturated carbocycles. The molecule has 0 radical (unpaired) electrons. The smallest absolute Gasteiger partial charge is 0.279 e. The summed E-state index contributed by atoms with van der Waals surface area (Å²) < 4.78 is 39.7. The van der Waals surface area contributed by atoms with Crippen molar-refractivity contribution in [3.8, 4) is 0 Å². The summed E-state index contributed by atoms with van der Waals surface area (Å²) in [6.45, 7) is 0. The molecular weight excluding hydrogens is 369 g/mol. The zero-order valence-corrected chi connectivity index (χ0v) is 13.0. The van der Waals surface area contributed by atoms with Crippen LogP contribution in [0.15, 0.2) is 41.3 Å². The fourth-order valence-electron chi connectivity index (χ4n) is 1.73. The maximum atomic E-state index is 13.3. The van der Waals surface area contributed by atoms with Gasteiger partial charge in [-0.15, -0.1) is 0 Å². The summed E-state index contributed by atoms with van der Waals surface area (Å²) in [5.74, 6) is -1.13. The van der Waals surface area contributed by atoms with E-state index in [-0.39, 0.29) is 10.7 Å². The van der Waals surface area contributed by atoms with Crippen molar-refractivity contribution in [3.63, 3.8) is 0 Å². The van der Waals surface area contributed by atoms with Crippen molar-refractivity contribution in [2.24, 2.45) is 0 Å². The SMILES string of the molecule is O=[N+]([O-])c1cc(NS(=O)(=O)c2ccc(Cl)c([N+](=O)[O-])c2)ccc1F. The highest BCUT2D eigenvalue weighted by molar-refractivity contribution is 7.92. The largest absolute Gasteiger partial charge is 0.306 e. The molecule has 0 aliphatic rings. The maximum Gasteiger partial charge on any atom is 0.306 e. The van der Waals surface area contributed by atoms with E-state index in [2.05, 4.69) is 0 Å². The van der Waals surface area contributed by atoms with E-state index >= 15 is 0 Å². The number of hydrogen-bond acceptors (Lipinski definition) is 6. The number of nitro groups is 2. The second kappa shape index (κ2) is 6.37. The molecule has 0 amide bonds. The molecule has 0 atom stereocenters. The van der Waals surface area contributed by atoms with Gasteiger partial charge in [-0.25, -0.2) is 8.42 Å². The lowest BCUT2D eigenvalue weighted by atomic mass is 10.3. The highest BCUT2D eigenvalue weighted by atomic mass is 35.5. The topological polar surface area (TPSA) is 132 Å². The van der Waals surface area contributed by atoms with Crippen LogP contribution in [0.25, 0.3) is 0 Å². The second-order valence-corrected chi connectivity index (χ2v) is 6.49. The van der Waals surface area contributed by atoms with E-state index in [1.807, 2.05) is 4.72 Å². The molecule has 0 bridgehead atoms. The van der Waals surface area contributed by atoms with Crippen LogP contribution in [0.4, 0.5) is 21.5 Å². The van der Waals surface area contributed by atoms with Crippen LogP contribution in [0.2, 0.25) is 5.02 Å². The summed E-state index contributed by atoms with van der Waals surface area (Å²) in [7, 11) is -4.30. The van der Waals surface area contributed by atoms with Crippen molar-refractivity contribution in [2.45, 2.75) is 4.90 Å². The van der Waals surface area contributed by atoms with E-state index in [1.54, 1.807) is 0 Å². The summed E-state index contributed by atoms with van der Waals surface area (Å²) in [4.78, 5) is 19.1. The molecule has 2 aromatic rings. The van der Waals surface area contributed by atoms with Gasteiger partial charge >= 0.3 is 5.69 Å². The molecule has 0 aliphatic carbocycles. The zero-order chi connectivity index (χ0) is 18.1. The average Bonchev–Trinajstić information content (AvgIpc) is 2.48. The average molecular weight is 376 g/mol. The van der Waals surface area contributed by atoms with Crippen molar-refractivity contribution in [2.75, 3.05) is 4.72 Å². The van der Waals surface area contributed by atoms with Gasteiger partial charge in [-0.1, -0.05) is 11.6 Å². The normalized spacial score (nSPS) is 11.1. The fourth-order valence-corrected chi connectivity index (χ4v) is 2.99. The Labute approximate surface area is 139 Å². The van der Waals surface area contributed by atoms with Crippen LogP contribution in [0.1, 0.15) is 0 Å². The van der Waals surface area contributed by atoms with E-state index in [9.17, 15) is 33.0 Å². The molecule has 0 fully saturated rings. The van der Waals surface area contributed by atoms with Crippen molar-refractivity contribution >= 4 is 38.7 Å². The van der Waals surface area contributed by atoms with Gasteiger partial charge < -0.3 is 0 Å². The number of halogens is 2. The Hall–Kier alpha value is -2.79. The van der Waals surface area contributed by atoms with Gasteiger partial charge in [-0.2, -0.15) is 4.39 Å². The van der Waals surface area contributed by atoms with Crippen molar-refractivity contribution in [1.29, 1.82) is 0 Å². The summed E-state index contributed by atoms with van der Waals surface area (Å²) in [6, 6.07) is 5.18. The Kier molecular flexibility index (Phi) is 4.66. The zero-order valence-electron chi connectivity index (χ0n) is 11.5. The minimum atomic E-state index is -4.30. The molecule has 2 aromatic carbocycles. The van der Waals surface area contributed by atoms with Crippen molar-refractivity contribution in [1.82, 2.24) is 0 Å². The molecule has 0 heterocycles. The van der Waals surface area contributed by atoms with E-state index in [1.165, 1.54) is 0 Å². The quantitative estimate of drug-likeness (QED) is 0.630. The molecule has 9 nitrogen and oxygen atoms in total. The Balaban J connectivity index is 2.42. The van der Waals surface area contributed by atoms with Crippen LogP contribution in [0.3, 0.4) is 0 Å². The molecule has 126 valence electrons. The molecule has 0 aliphatic heterocycles. The van der Waals surface area contributed by atoms with Crippen LogP contribution < -0.4 is 4.72 Å². The molecule has 2 rings (SSSR count). The Morgan fingerprint density at radius 1 is 1.00 bits per heavy atom. The Morgan fingerprint density at radius 3 is 2.21 bits per heavy atom. The monoisotopic (exact) mass is 375 g/mol. The number of rotatable bonds is 5. The lowest BCUT2D eigenvalue weighted by Gasteiger charge is -2.08. The number of nitro benzene ring substituents is 2. The number of hydrogen-bond donors (Lipinski definition) is 1. The van der Waals surface area contributed by atoms with E-state index in [0.717, 1.165) is 30.3 Å². The van der Waals surface area contributed by atoms with Gasteiger partial charge in [-0.05, 0) is 24.3 Å². The van der Waals surface area contributed by atoms with E-state index in [4.69, 9.17) is 11.6 Å². The maximum absolute atomic E-state index is 13.3. The number of benzene rings is 2. The number of nitrogens with zero attached hydrogens (tertiary/aromatic N) is 2. The first-order valence-electron chi connectivity index (χ1n) is 6.02. The number of sulfonamides is 1. The number of nitrogens with one attached hydrogen (secondary N) is 1. The first-order chi connectivity index (χ1) is 11.1. The van der Waals surface area contributed by atoms with Gasteiger partial charge in [0.1, 0.15) is 5.02 Å². The third-order valence-corrected chi connectivity index (χ3v) is 4.52. The van der Waals surface area contributed by atoms with Crippen LogP contribution >= 0.6 is 11.6 Å². The predicted octanol–water partition coefficient (Wildman–Crippen LogP) is 3.10. The Morgan fingerprint density at radius 2 is 1.62 bits per heavy atom. The molecule has 0 aromatic heterocycles. The standard InChI is InChI=1S/C12H7ClFN3O6S/c13-9-3-2-8(6-11(9)16(18)19)24(22,23)15-7-1-4-10(14)12(5-7)17(20)21/h1-6,15H. The minimum absolute atomic E-state index is 0.253. The second-order valence-electron chi connectivity index (χ2n) is 4.40. The summed E-state index contributed by atoms with van der Waals surface area (Å²) in [5, 5.41) is 21.2. The highest BCUT2D eigenvalue weighted by Crippen LogP contribution is 2.29. The number of anilines is 1. The summed E-state index contributed by atoms with van der Waals surface area (Å²) in [6.07, 6.45) is 0. The molecule has 12 heteroatoms. The minimum Gasteiger partial charge on any atom is -0.279 e. The van der Waals surface area contributed by atoms with Crippen molar-refractivity contribution in [3.05, 3.63) is 67.5 Å². The van der Waals surface area contributed by atoms with Crippen LogP contribution in [0.5, 0.6) is 0 Å². The van der Waals surface area contributed by atoms with E-state index in [0.29, 0.717) is 6.07 Å². The first kappa shape index (κ1) is 17.6.